The molecule has 2 aliphatic heterocycles. The van der Waals surface area contributed by atoms with Crippen molar-refractivity contribution in [2.45, 2.75) is 83.4 Å². The number of H-pyrrole nitrogens is 1. The molecule has 5 rings (SSSR count). The van der Waals surface area contributed by atoms with Crippen molar-refractivity contribution >= 4 is 64.1 Å². The molecular formula is C38H48N10O11. The lowest BCUT2D eigenvalue weighted by molar-refractivity contribution is -0.172. The molecule has 21 nitrogen and oxygen atoms in total. The van der Waals surface area contributed by atoms with Gasteiger partial charge in [-0.25, -0.2) is 14.8 Å². The lowest BCUT2D eigenvalue weighted by Gasteiger charge is -2.42. The molecule has 7 amide bonds. The highest BCUT2D eigenvalue weighted by Crippen LogP contribution is 2.25. The highest BCUT2D eigenvalue weighted by molar-refractivity contribution is 6.13. The van der Waals surface area contributed by atoms with E-state index in [4.69, 9.17) is 9.47 Å². The van der Waals surface area contributed by atoms with Gasteiger partial charge in [0.1, 0.15) is 43.0 Å². The molecule has 1 unspecified atom stereocenters. The number of aromatic nitrogens is 3. The molecule has 8 N–H and O–H groups in total. The normalized spacial score (nSPS) is 21.2. The number of pyridine rings is 1. The number of carbonyl (C=O) groups is 7. The summed E-state index contributed by atoms with van der Waals surface area (Å²) in [7, 11) is 1.35. The quantitative estimate of drug-likeness (QED) is 0.0846. The first-order chi connectivity index (χ1) is 28.0. The van der Waals surface area contributed by atoms with Gasteiger partial charge in [-0.05, 0) is 43.5 Å². The Morgan fingerprint density at radius 2 is 1.64 bits per heavy atom. The van der Waals surface area contributed by atoms with Crippen molar-refractivity contribution in [3.63, 3.8) is 0 Å². The van der Waals surface area contributed by atoms with Gasteiger partial charge in [-0.3, -0.25) is 33.7 Å². The number of amides is 7. The zero-order valence-corrected chi connectivity index (χ0v) is 33.0. The Bertz CT molecular complexity index is 2060. The van der Waals surface area contributed by atoms with E-state index in [-0.39, 0.29) is 25.5 Å². The molecule has 1 aromatic carbocycles. The number of imide groups is 1. The van der Waals surface area contributed by atoms with Crippen LogP contribution < -0.4 is 26.6 Å². The van der Waals surface area contributed by atoms with E-state index in [1.807, 2.05) is 0 Å². The van der Waals surface area contributed by atoms with Crippen LogP contribution in [0.3, 0.4) is 0 Å². The largest absolute Gasteiger partial charge is 0.445 e. The molecule has 0 saturated carbocycles. The minimum Gasteiger partial charge on any atom is -0.445 e. The average molecular weight is 821 g/mol. The van der Waals surface area contributed by atoms with Gasteiger partial charge in [0.2, 0.25) is 23.6 Å². The number of aromatic amines is 1. The second-order valence-electron chi connectivity index (χ2n) is 14.5. The Morgan fingerprint density at radius 1 is 0.949 bits per heavy atom. The van der Waals surface area contributed by atoms with Crippen LogP contribution in [0.25, 0.3) is 11.0 Å². The lowest BCUT2D eigenvalue weighted by atomic mass is 9.96. The molecule has 2 aromatic heterocycles. The summed E-state index contributed by atoms with van der Waals surface area (Å²) in [5.41, 5.74) is 2.17. The third kappa shape index (κ3) is 11.1. The van der Waals surface area contributed by atoms with Gasteiger partial charge in [-0.15, -0.1) is 0 Å². The van der Waals surface area contributed by atoms with Gasteiger partial charge in [-0.2, -0.15) is 0 Å². The van der Waals surface area contributed by atoms with Crippen molar-refractivity contribution < 1.29 is 53.2 Å². The average Bonchev–Trinajstić information content (AvgIpc) is 3.81. The molecule has 316 valence electrons. The van der Waals surface area contributed by atoms with Crippen LogP contribution in [-0.2, 0) is 44.8 Å². The number of ether oxygens (including phenoxy) is 2. The van der Waals surface area contributed by atoms with Crippen molar-refractivity contribution in [3.05, 3.63) is 60.6 Å². The summed E-state index contributed by atoms with van der Waals surface area (Å²) in [6, 6.07) is 5.08. The molecule has 1 saturated heterocycles. The molecule has 21 heteroatoms. The molecule has 59 heavy (non-hydrogen) atoms. The number of aliphatic hydroxyl groups is 2. The number of carbonyl (C=O) groups excluding carboxylic acids is 7. The van der Waals surface area contributed by atoms with Crippen molar-refractivity contribution in [2.24, 2.45) is 5.92 Å². The summed E-state index contributed by atoms with van der Waals surface area (Å²) in [5, 5.41) is 35.1. The van der Waals surface area contributed by atoms with Crippen molar-refractivity contribution in [1.82, 2.24) is 40.7 Å². The molecule has 0 aliphatic carbocycles. The maximum Gasteiger partial charge on any atom is 0.410 e. The minimum absolute atomic E-state index is 0.139. The second kappa shape index (κ2) is 19.3. The van der Waals surface area contributed by atoms with E-state index in [9.17, 15) is 43.8 Å². The number of hydrogen-bond acceptors (Lipinski definition) is 14. The van der Waals surface area contributed by atoms with Gasteiger partial charge in [0.05, 0.1) is 24.0 Å². The molecule has 3 aromatic rings. The van der Waals surface area contributed by atoms with Gasteiger partial charge in [0.25, 0.3) is 11.8 Å². The topological polar surface area (TPSA) is 287 Å². The van der Waals surface area contributed by atoms with E-state index in [2.05, 4.69) is 41.5 Å². The maximum absolute atomic E-state index is 13.0. The van der Waals surface area contributed by atoms with Crippen molar-refractivity contribution in [2.75, 3.05) is 30.8 Å². The molecule has 4 heterocycles. The van der Waals surface area contributed by atoms with Crippen LogP contribution in [0.1, 0.15) is 39.7 Å². The van der Waals surface area contributed by atoms with Crippen molar-refractivity contribution in [3.8, 4) is 0 Å². The molecular weight excluding hydrogens is 772 g/mol. The van der Waals surface area contributed by atoms with Gasteiger partial charge in [0.15, 0.2) is 12.0 Å². The van der Waals surface area contributed by atoms with Crippen LogP contribution in [0.5, 0.6) is 0 Å². The number of likely N-dealkylation sites (N-methyl/N-ethyl adjacent to an activating group) is 1. The number of imidazole rings is 1. The van der Waals surface area contributed by atoms with Crippen LogP contribution in [-0.4, -0.2) is 139 Å². The van der Waals surface area contributed by atoms with Gasteiger partial charge >= 0.3 is 6.09 Å². The number of benzene rings is 1. The maximum atomic E-state index is 13.0. The first-order valence-corrected chi connectivity index (χ1v) is 18.8. The Labute approximate surface area is 338 Å². The first kappa shape index (κ1) is 43.7. The van der Waals surface area contributed by atoms with Crippen LogP contribution >= 0.6 is 0 Å². The van der Waals surface area contributed by atoms with E-state index < -0.39 is 90.7 Å². The summed E-state index contributed by atoms with van der Waals surface area (Å²) >= 11 is 0. The fraction of sp³-hybridized carbons (Fsp3) is 0.447. The van der Waals surface area contributed by atoms with Crippen LogP contribution in [0, 0.1) is 5.92 Å². The molecule has 0 bridgehead atoms. The third-order valence-corrected chi connectivity index (χ3v) is 9.60. The van der Waals surface area contributed by atoms with Crippen LogP contribution in [0.2, 0.25) is 0 Å². The van der Waals surface area contributed by atoms with E-state index in [1.165, 1.54) is 20.3 Å². The number of rotatable bonds is 16. The van der Waals surface area contributed by atoms with Crippen LogP contribution in [0.4, 0.5) is 16.3 Å². The zero-order valence-electron chi connectivity index (χ0n) is 33.0. The summed E-state index contributed by atoms with van der Waals surface area (Å²) in [6.07, 6.45) is -0.450. The highest BCUT2D eigenvalue weighted by Gasteiger charge is 2.44. The summed E-state index contributed by atoms with van der Waals surface area (Å²) < 4.78 is 11.2. The van der Waals surface area contributed by atoms with E-state index in [0.29, 0.717) is 28.1 Å². The third-order valence-electron chi connectivity index (χ3n) is 9.60. The Hall–Kier alpha value is -6.45. The fourth-order valence-corrected chi connectivity index (χ4v) is 6.21. The van der Waals surface area contributed by atoms with Gasteiger partial charge in [-0.1, -0.05) is 26.0 Å². The number of hydrogen-bond donors (Lipinski definition) is 8. The standard InChI is InChI=1S/C38H48N10O11/c1-19(2)29(44-25(49)13-15-48-27(51)10-11-28(48)52)36(56)42-20(3)35(55)43-23-8-6-22(7-9-23)17-58-38(57)47(5)16-26(50)45-30-21(4)59-37(33(54)32(30)53)46-34-31-24(12-14-39-34)40-18-41-31/h6-12,14,18-21,29-30,32-33,37,53-54H,13,15-17H2,1-5H3,(H,39,46)(H,40,41)(H,42,56)(H,43,55)(H,44,49)(H,45,50)/t20-,21-,29?,30-,32+,33+,37-/m0/s1. The van der Waals surface area contributed by atoms with Crippen LogP contribution in [0.15, 0.2) is 55.0 Å². The Balaban J connectivity index is 1.02. The van der Waals surface area contributed by atoms with E-state index >= 15 is 0 Å². The molecule has 0 spiro atoms. The molecule has 1 fully saturated rings. The second-order valence-corrected chi connectivity index (χ2v) is 14.5. The summed E-state index contributed by atoms with van der Waals surface area (Å²) in [4.78, 5) is 101. The van der Waals surface area contributed by atoms with E-state index in [1.54, 1.807) is 57.3 Å². The first-order valence-electron chi connectivity index (χ1n) is 18.8. The van der Waals surface area contributed by atoms with E-state index in [0.717, 1.165) is 22.0 Å². The summed E-state index contributed by atoms with van der Waals surface area (Å²) in [5.74, 6) is -3.37. The predicted octanol–water partition coefficient (Wildman–Crippen LogP) is -0.511. The number of aliphatic hydroxyl groups excluding tert-OH is 2. The fourth-order valence-electron chi connectivity index (χ4n) is 6.21. The minimum atomic E-state index is -1.46. The Kier molecular flexibility index (Phi) is 14.3. The SMILES string of the molecule is CC(C)C(NC(=O)CCN1C(=O)C=CC1=O)C(=O)N[C@@H](C)C(=O)Nc1ccc(COC(=O)N(C)CC(=O)N[C@@H]2[C@@H](O)[C@@H](O)[C@@H](Nc3nccc4[nH]cnc34)O[C@H]2C)cc1. The van der Waals surface area contributed by atoms with Crippen molar-refractivity contribution in [1.29, 1.82) is 0 Å². The molecule has 2 aliphatic rings. The number of nitrogens with zero attached hydrogens (tertiary/aromatic N) is 4. The smallest absolute Gasteiger partial charge is 0.410 e. The van der Waals surface area contributed by atoms with Gasteiger partial charge < -0.3 is 56.2 Å². The van der Waals surface area contributed by atoms with Gasteiger partial charge in [0, 0.05) is 44.0 Å². The lowest BCUT2D eigenvalue weighted by Crippen LogP contribution is -2.64. The molecule has 0 radical (unpaired) electrons. The zero-order chi connectivity index (χ0) is 43.0. The number of anilines is 2. The number of fused-ring (bicyclic) bond motifs is 1. The monoisotopic (exact) mass is 820 g/mol. The number of nitrogens with one attached hydrogen (secondary N) is 6. The molecule has 7 atom stereocenters. The summed E-state index contributed by atoms with van der Waals surface area (Å²) in [6.45, 7) is 5.79. The Morgan fingerprint density at radius 3 is 2.32 bits per heavy atom. The highest BCUT2D eigenvalue weighted by atomic mass is 16.6. The predicted molar refractivity (Wildman–Crippen MR) is 209 cm³/mol.